The van der Waals surface area contributed by atoms with Gasteiger partial charge in [-0.1, -0.05) is 66.7 Å². The maximum atomic E-state index is 6.01. The molecule has 0 aliphatic heterocycles. The summed E-state index contributed by atoms with van der Waals surface area (Å²) >= 11 is 9.30. The maximum absolute atomic E-state index is 6.01. The van der Waals surface area contributed by atoms with E-state index in [2.05, 4.69) is 43.0 Å². The molecule has 0 heterocycles. The Labute approximate surface area is 170 Å². The predicted octanol–water partition coefficient (Wildman–Crippen LogP) is 7.39. The van der Waals surface area contributed by atoms with Crippen molar-refractivity contribution >= 4 is 25.3 Å². The molecule has 0 fully saturated rings. The van der Waals surface area contributed by atoms with E-state index < -0.39 is 0 Å². The van der Waals surface area contributed by atoms with E-state index in [0.717, 1.165) is 43.5 Å². The van der Waals surface area contributed by atoms with Crippen LogP contribution in [0.3, 0.4) is 0 Å². The summed E-state index contributed by atoms with van der Waals surface area (Å²) in [5.74, 6) is 1.62. The van der Waals surface area contributed by atoms with Crippen LogP contribution in [0.1, 0.15) is 0 Å². The fraction of sp³-hybridized carbons (Fsp3) is 0. The first kappa shape index (κ1) is 17.8. The van der Waals surface area contributed by atoms with Crippen molar-refractivity contribution in [1.82, 2.24) is 0 Å². The first-order valence-corrected chi connectivity index (χ1v) is 9.55. The number of ether oxygens (including phenoxy) is 1. The van der Waals surface area contributed by atoms with E-state index in [-0.39, 0.29) is 0 Å². The third kappa shape index (κ3) is 3.90. The lowest BCUT2D eigenvalue weighted by Gasteiger charge is -2.15. The molecule has 4 aromatic carbocycles. The van der Waals surface area contributed by atoms with E-state index in [1.807, 2.05) is 66.7 Å². The van der Waals surface area contributed by atoms with Gasteiger partial charge in [-0.25, -0.2) is 0 Å². The van der Waals surface area contributed by atoms with Gasteiger partial charge in [0.25, 0.3) is 0 Å². The Hall–Kier alpha value is -2.62. The predicted molar refractivity (Wildman–Crippen MR) is 118 cm³/mol. The first-order chi connectivity index (χ1) is 13.2. The molecule has 0 saturated carbocycles. The average molecular weight is 387 g/mol. The van der Waals surface area contributed by atoms with Gasteiger partial charge >= 0.3 is 0 Å². The fourth-order valence-electron chi connectivity index (χ4n) is 3.07. The SMILES string of the molecule is Sc1ccc(-c2cccc(Oc3ccccc3)c2)c(-c2ccccc2)c1S. The summed E-state index contributed by atoms with van der Waals surface area (Å²) in [6.07, 6.45) is 0. The van der Waals surface area contributed by atoms with Crippen molar-refractivity contribution in [2.24, 2.45) is 0 Å². The highest BCUT2D eigenvalue weighted by atomic mass is 32.1. The van der Waals surface area contributed by atoms with Crippen LogP contribution in [0.15, 0.2) is 107 Å². The molecule has 0 aliphatic rings. The Morgan fingerprint density at radius 2 is 1.19 bits per heavy atom. The Bertz CT molecular complexity index is 1060. The minimum absolute atomic E-state index is 0.799. The Morgan fingerprint density at radius 3 is 1.93 bits per heavy atom. The van der Waals surface area contributed by atoms with E-state index in [1.54, 1.807) is 0 Å². The minimum Gasteiger partial charge on any atom is -0.457 e. The molecule has 0 radical (unpaired) electrons. The number of hydrogen-bond acceptors (Lipinski definition) is 3. The van der Waals surface area contributed by atoms with Gasteiger partial charge < -0.3 is 4.74 Å². The standard InChI is InChI=1S/C24H18OS2/c26-22-15-14-21(23(24(22)27)17-8-3-1-4-9-17)18-10-7-13-20(16-18)25-19-11-5-2-6-12-19/h1-16,26-27H. The lowest BCUT2D eigenvalue weighted by atomic mass is 9.94. The molecule has 0 N–H and O–H groups in total. The second kappa shape index (κ2) is 7.95. The molecule has 0 amide bonds. The zero-order valence-corrected chi connectivity index (χ0v) is 16.3. The van der Waals surface area contributed by atoms with Gasteiger partial charge in [-0.05, 0) is 47.0 Å². The summed E-state index contributed by atoms with van der Waals surface area (Å²) in [4.78, 5) is 1.73. The zero-order valence-electron chi connectivity index (χ0n) is 14.5. The highest BCUT2D eigenvalue weighted by molar-refractivity contribution is 7.83. The van der Waals surface area contributed by atoms with Gasteiger partial charge in [0.1, 0.15) is 11.5 Å². The average Bonchev–Trinajstić information content (AvgIpc) is 2.71. The Kier molecular flexibility index (Phi) is 5.23. The normalized spacial score (nSPS) is 10.6. The van der Waals surface area contributed by atoms with Crippen LogP contribution < -0.4 is 4.74 Å². The second-order valence-corrected chi connectivity index (χ2v) is 7.09. The number of rotatable bonds is 4. The number of hydrogen-bond donors (Lipinski definition) is 2. The van der Waals surface area contributed by atoms with Crippen LogP contribution in [0.5, 0.6) is 11.5 Å². The van der Waals surface area contributed by atoms with E-state index in [1.165, 1.54) is 0 Å². The van der Waals surface area contributed by atoms with Gasteiger partial charge in [0.05, 0.1) is 0 Å². The molecule has 4 rings (SSSR count). The highest BCUT2D eigenvalue weighted by Crippen LogP contribution is 2.40. The molecule has 0 spiro atoms. The van der Waals surface area contributed by atoms with E-state index in [0.29, 0.717) is 0 Å². The summed E-state index contributed by atoms with van der Waals surface area (Å²) in [7, 11) is 0. The van der Waals surface area contributed by atoms with Crippen LogP contribution in [-0.2, 0) is 0 Å². The Balaban J connectivity index is 1.80. The summed E-state index contributed by atoms with van der Waals surface area (Å²) in [5.41, 5.74) is 4.36. The molecule has 4 aromatic rings. The Morgan fingerprint density at radius 1 is 0.556 bits per heavy atom. The highest BCUT2D eigenvalue weighted by Gasteiger charge is 2.13. The van der Waals surface area contributed by atoms with Crippen molar-refractivity contribution in [3.63, 3.8) is 0 Å². The molecule has 0 bridgehead atoms. The van der Waals surface area contributed by atoms with Crippen LogP contribution >= 0.6 is 25.3 Å². The van der Waals surface area contributed by atoms with Crippen LogP contribution in [0.25, 0.3) is 22.3 Å². The molecule has 0 saturated heterocycles. The maximum Gasteiger partial charge on any atom is 0.128 e. The van der Waals surface area contributed by atoms with Crippen molar-refractivity contribution in [3.8, 4) is 33.8 Å². The van der Waals surface area contributed by atoms with Crippen molar-refractivity contribution in [2.75, 3.05) is 0 Å². The second-order valence-electron chi connectivity index (χ2n) is 6.16. The molecule has 1 nitrogen and oxygen atoms in total. The van der Waals surface area contributed by atoms with Crippen LogP contribution in [0, 0.1) is 0 Å². The number of thiol groups is 2. The van der Waals surface area contributed by atoms with Crippen molar-refractivity contribution < 1.29 is 4.74 Å². The third-order valence-corrected chi connectivity index (χ3v) is 5.36. The lowest BCUT2D eigenvalue weighted by Crippen LogP contribution is -1.90. The van der Waals surface area contributed by atoms with Crippen molar-refractivity contribution in [3.05, 3.63) is 97.1 Å². The quantitative estimate of drug-likeness (QED) is 0.348. The number of para-hydroxylation sites is 1. The third-order valence-electron chi connectivity index (χ3n) is 4.34. The molecule has 0 atom stereocenters. The van der Waals surface area contributed by atoms with Crippen LogP contribution in [-0.4, -0.2) is 0 Å². The van der Waals surface area contributed by atoms with Crippen LogP contribution in [0.2, 0.25) is 0 Å². The van der Waals surface area contributed by atoms with E-state index >= 15 is 0 Å². The largest absolute Gasteiger partial charge is 0.457 e. The van der Waals surface area contributed by atoms with E-state index in [9.17, 15) is 0 Å². The molecule has 132 valence electrons. The smallest absolute Gasteiger partial charge is 0.128 e. The van der Waals surface area contributed by atoms with Gasteiger partial charge in [0.2, 0.25) is 0 Å². The minimum atomic E-state index is 0.799. The van der Waals surface area contributed by atoms with E-state index in [4.69, 9.17) is 17.4 Å². The molecule has 0 aliphatic carbocycles. The molecule has 0 unspecified atom stereocenters. The van der Waals surface area contributed by atoms with Gasteiger partial charge in [0, 0.05) is 15.4 Å². The summed E-state index contributed by atoms with van der Waals surface area (Å²) in [6, 6.07) is 32.3. The van der Waals surface area contributed by atoms with Gasteiger partial charge in [-0.15, -0.1) is 25.3 Å². The van der Waals surface area contributed by atoms with Crippen molar-refractivity contribution in [2.45, 2.75) is 9.79 Å². The van der Waals surface area contributed by atoms with Crippen molar-refractivity contribution in [1.29, 1.82) is 0 Å². The zero-order chi connectivity index (χ0) is 18.6. The fourth-order valence-corrected chi connectivity index (χ4v) is 3.58. The van der Waals surface area contributed by atoms with Gasteiger partial charge in [-0.2, -0.15) is 0 Å². The molecular weight excluding hydrogens is 368 g/mol. The molecule has 0 aromatic heterocycles. The lowest BCUT2D eigenvalue weighted by molar-refractivity contribution is 0.483. The van der Waals surface area contributed by atoms with Crippen LogP contribution in [0.4, 0.5) is 0 Å². The summed E-state index contributed by atoms with van der Waals surface area (Å²) in [6.45, 7) is 0. The molecular formula is C24H18OS2. The van der Waals surface area contributed by atoms with Gasteiger partial charge in [0.15, 0.2) is 0 Å². The first-order valence-electron chi connectivity index (χ1n) is 8.66. The van der Waals surface area contributed by atoms with Gasteiger partial charge in [-0.3, -0.25) is 0 Å². The monoisotopic (exact) mass is 386 g/mol. The summed E-state index contributed by atoms with van der Waals surface area (Å²) in [5, 5.41) is 0. The topological polar surface area (TPSA) is 9.23 Å². The number of benzene rings is 4. The molecule has 3 heteroatoms. The summed E-state index contributed by atoms with van der Waals surface area (Å²) < 4.78 is 6.01. The molecule has 27 heavy (non-hydrogen) atoms.